The Morgan fingerprint density at radius 1 is 1.45 bits per heavy atom. The van der Waals surface area contributed by atoms with Crippen LogP contribution in [0, 0.1) is 12.7 Å². The van der Waals surface area contributed by atoms with Gasteiger partial charge in [-0.3, -0.25) is 9.40 Å². The van der Waals surface area contributed by atoms with E-state index in [1.807, 2.05) is 0 Å². The fraction of sp³-hybridized carbons (Fsp3) is 0.250. The lowest BCUT2D eigenvalue weighted by atomic mass is 10.2. The molecule has 0 spiro atoms. The first-order valence-corrected chi connectivity index (χ1v) is 7.42. The van der Waals surface area contributed by atoms with Crippen molar-refractivity contribution in [3.63, 3.8) is 0 Å². The lowest BCUT2D eigenvalue weighted by Crippen LogP contribution is -2.13. The average Bonchev–Trinajstić information content (AvgIpc) is 2.83. The quantitative estimate of drug-likeness (QED) is 0.864. The van der Waals surface area contributed by atoms with Crippen molar-refractivity contribution in [3.8, 4) is 0 Å². The molecule has 2 rings (SSSR count). The van der Waals surface area contributed by atoms with E-state index < -0.39 is 10.0 Å². The SMILES string of the molecule is Cc1cc(NS(=O)(=O)c2cnn(CCN)c2)ccc1F. The highest BCUT2D eigenvalue weighted by Gasteiger charge is 2.17. The van der Waals surface area contributed by atoms with Crippen LogP contribution in [-0.2, 0) is 16.6 Å². The van der Waals surface area contributed by atoms with Crippen LogP contribution < -0.4 is 10.5 Å². The molecule has 0 unspecified atom stereocenters. The molecule has 1 heterocycles. The van der Waals surface area contributed by atoms with Crippen LogP contribution in [0.25, 0.3) is 0 Å². The summed E-state index contributed by atoms with van der Waals surface area (Å²) in [7, 11) is -3.74. The third-order valence-electron chi connectivity index (χ3n) is 2.69. The molecule has 2 aromatic rings. The summed E-state index contributed by atoms with van der Waals surface area (Å²) in [6.07, 6.45) is 2.64. The molecule has 0 amide bonds. The lowest BCUT2D eigenvalue weighted by Gasteiger charge is -2.07. The first kappa shape index (κ1) is 14.5. The average molecular weight is 298 g/mol. The van der Waals surface area contributed by atoms with Gasteiger partial charge in [0, 0.05) is 18.4 Å². The fourth-order valence-electron chi connectivity index (χ4n) is 1.66. The number of nitrogens with zero attached hydrogens (tertiary/aromatic N) is 2. The number of halogens is 1. The molecule has 0 atom stereocenters. The number of nitrogens with two attached hydrogens (primary N) is 1. The number of anilines is 1. The summed E-state index contributed by atoms with van der Waals surface area (Å²) in [4.78, 5) is 0.0351. The maximum Gasteiger partial charge on any atom is 0.265 e. The number of nitrogens with one attached hydrogen (secondary N) is 1. The van der Waals surface area contributed by atoms with Gasteiger partial charge in [0.1, 0.15) is 10.7 Å². The van der Waals surface area contributed by atoms with Gasteiger partial charge < -0.3 is 5.73 Å². The van der Waals surface area contributed by atoms with Crippen molar-refractivity contribution in [1.82, 2.24) is 9.78 Å². The molecule has 3 N–H and O–H groups in total. The number of sulfonamides is 1. The first-order valence-electron chi connectivity index (χ1n) is 5.94. The van der Waals surface area contributed by atoms with Gasteiger partial charge in [-0.2, -0.15) is 5.10 Å². The lowest BCUT2D eigenvalue weighted by molar-refractivity contribution is 0.599. The standard InChI is InChI=1S/C12H15FN4O2S/c1-9-6-10(2-3-12(9)13)16-20(18,19)11-7-15-17(8-11)5-4-14/h2-3,6-8,16H,4-5,14H2,1H3. The minimum atomic E-state index is -3.74. The molecule has 0 aliphatic carbocycles. The number of hydrogen-bond acceptors (Lipinski definition) is 4. The number of aromatic nitrogens is 2. The minimum absolute atomic E-state index is 0.0351. The van der Waals surface area contributed by atoms with Crippen molar-refractivity contribution >= 4 is 15.7 Å². The Morgan fingerprint density at radius 3 is 2.85 bits per heavy atom. The topological polar surface area (TPSA) is 90.0 Å². The molecular formula is C12H15FN4O2S. The third kappa shape index (κ3) is 3.14. The van der Waals surface area contributed by atoms with Crippen molar-refractivity contribution in [1.29, 1.82) is 0 Å². The summed E-state index contributed by atoms with van der Waals surface area (Å²) in [6, 6.07) is 4.01. The van der Waals surface area contributed by atoms with Gasteiger partial charge in [-0.25, -0.2) is 12.8 Å². The van der Waals surface area contributed by atoms with Crippen LogP contribution in [0.3, 0.4) is 0 Å². The number of benzene rings is 1. The summed E-state index contributed by atoms with van der Waals surface area (Å²) in [5.74, 6) is -0.385. The largest absolute Gasteiger partial charge is 0.329 e. The Hall–Kier alpha value is -1.93. The molecular weight excluding hydrogens is 283 g/mol. The normalized spacial score (nSPS) is 11.6. The molecule has 1 aromatic heterocycles. The van der Waals surface area contributed by atoms with Crippen LogP contribution in [0.2, 0.25) is 0 Å². The third-order valence-corrected chi connectivity index (χ3v) is 4.02. The van der Waals surface area contributed by atoms with E-state index in [1.165, 1.54) is 35.3 Å². The van der Waals surface area contributed by atoms with Crippen LogP contribution >= 0.6 is 0 Å². The highest BCUT2D eigenvalue weighted by molar-refractivity contribution is 7.92. The highest BCUT2D eigenvalue weighted by atomic mass is 32.2. The van der Waals surface area contributed by atoms with Gasteiger partial charge in [0.2, 0.25) is 0 Å². The van der Waals surface area contributed by atoms with Crippen LogP contribution in [0.1, 0.15) is 5.56 Å². The van der Waals surface area contributed by atoms with E-state index in [0.29, 0.717) is 24.3 Å². The monoisotopic (exact) mass is 298 g/mol. The summed E-state index contributed by atoms with van der Waals surface area (Å²) in [6.45, 7) is 2.36. The van der Waals surface area contributed by atoms with Gasteiger partial charge in [0.15, 0.2) is 0 Å². The van der Waals surface area contributed by atoms with Crippen molar-refractivity contribution in [2.24, 2.45) is 5.73 Å². The molecule has 0 saturated carbocycles. The molecule has 0 radical (unpaired) electrons. The Labute approximate surface area is 116 Å². The van der Waals surface area contributed by atoms with Gasteiger partial charge in [0.25, 0.3) is 10.0 Å². The van der Waals surface area contributed by atoms with E-state index >= 15 is 0 Å². The Bertz CT molecular complexity index is 712. The summed E-state index contributed by atoms with van der Waals surface area (Å²) >= 11 is 0. The van der Waals surface area contributed by atoms with Crippen LogP contribution in [0.4, 0.5) is 10.1 Å². The maximum absolute atomic E-state index is 13.1. The van der Waals surface area contributed by atoms with Gasteiger partial charge in [-0.15, -0.1) is 0 Å². The zero-order valence-corrected chi connectivity index (χ0v) is 11.7. The molecule has 6 nitrogen and oxygen atoms in total. The molecule has 1 aromatic carbocycles. The molecule has 0 aliphatic heterocycles. The van der Waals surface area contributed by atoms with E-state index in [-0.39, 0.29) is 10.7 Å². The smallest absolute Gasteiger partial charge is 0.265 e. The first-order chi connectivity index (χ1) is 9.42. The second-order valence-corrected chi connectivity index (χ2v) is 5.98. The molecule has 108 valence electrons. The number of hydrogen-bond donors (Lipinski definition) is 2. The molecule has 20 heavy (non-hydrogen) atoms. The number of rotatable bonds is 5. The van der Waals surface area contributed by atoms with E-state index in [1.54, 1.807) is 6.92 Å². The number of aryl methyl sites for hydroxylation is 1. The van der Waals surface area contributed by atoms with E-state index in [9.17, 15) is 12.8 Å². The molecule has 0 aliphatic rings. The summed E-state index contributed by atoms with van der Waals surface area (Å²) in [5.41, 5.74) is 6.04. The Morgan fingerprint density at radius 2 is 2.20 bits per heavy atom. The highest BCUT2D eigenvalue weighted by Crippen LogP contribution is 2.18. The van der Waals surface area contributed by atoms with Crippen molar-refractivity contribution < 1.29 is 12.8 Å². The summed E-state index contributed by atoms with van der Waals surface area (Å²) < 4.78 is 41.2. The minimum Gasteiger partial charge on any atom is -0.329 e. The van der Waals surface area contributed by atoms with Gasteiger partial charge in [-0.05, 0) is 30.7 Å². The Balaban J connectivity index is 2.23. The Kier molecular flexibility index (Phi) is 4.05. The van der Waals surface area contributed by atoms with E-state index in [2.05, 4.69) is 9.82 Å². The second kappa shape index (κ2) is 5.59. The molecule has 0 bridgehead atoms. The van der Waals surface area contributed by atoms with E-state index in [4.69, 9.17) is 5.73 Å². The maximum atomic E-state index is 13.1. The predicted octanol–water partition coefficient (Wildman–Crippen LogP) is 1.09. The van der Waals surface area contributed by atoms with Gasteiger partial charge in [0.05, 0.1) is 12.7 Å². The van der Waals surface area contributed by atoms with Crippen LogP contribution in [-0.4, -0.2) is 24.7 Å². The zero-order valence-electron chi connectivity index (χ0n) is 10.9. The van der Waals surface area contributed by atoms with Crippen molar-refractivity contribution in [2.75, 3.05) is 11.3 Å². The van der Waals surface area contributed by atoms with E-state index in [0.717, 1.165) is 0 Å². The molecule has 8 heteroatoms. The van der Waals surface area contributed by atoms with Crippen LogP contribution in [0.5, 0.6) is 0 Å². The van der Waals surface area contributed by atoms with Crippen LogP contribution in [0.15, 0.2) is 35.5 Å². The zero-order chi connectivity index (χ0) is 14.8. The summed E-state index contributed by atoms with van der Waals surface area (Å²) in [5, 5.41) is 3.90. The predicted molar refractivity (Wildman–Crippen MR) is 73.2 cm³/mol. The van der Waals surface area contributed by atoms with Crippen molar-refractivity contribution in [2.45, 2.75) is 18.4 Å². The van der Waals surface area contributed by atoms with Gasteiger partial charge >= 0.3 is 0 Å². The van der Waals surface area contributed by atoms with Gasteiger partial charge in [-0.1, -0.05) is 0 Å². The molecule has 0 saturated heterocycles. The fourth-order valence-corrected chi connectivity index (χ4v) is 2.66. The second-order valence-electron chi connectivity index (χ2n) is 4.30. The van der Waals surface area contributed by atoms with Crippen molar-refractivity contribution in [3.05, 3.63) is 42.0 Å². The molecule has 0 fully saturated rings.